The van der Waals surface area contributed by atoms with Gasteiger partial charge in [-0.05, 0) is 17.7 Å². The first-order valence-electron chi connectivity index (χ1n) is 5.84. The Hall–Kier alpha value is -1.29. The van der Waals surface area contributed by atoms with Crippen molar-refractivity contribution in [3.8, 4) is 0 Å². The van der Waals surface area contributed by atoms with Crippen LogP contribution in [-0.2, 0) is 0 Å². The summed E-state index contributed by atoms with van der Waals surface area (Å²) >= 11 is 11.8. The highest BCUT2D eigenvalue weighted by molar-refractivity contribution is 6.34. The van der Waals surface area contributed by atoms with Gasteiger partial charge in [0.1, 0.15) is 5.15 Å². The molecule has 1 heterocycles. The SMILES string of the molecule is CN(C[C@@H](O)c1ccccc1)c1ccc(Cl)nc1Cl. The molecule has 1 N–H and O–H groups in total. The smallest absolute Gasteiger partial charge is 0.154 e. The van der Waals surface area contributed by atoms with Crippen molar-refractivity contribution >= 4 is 28.9 Å². The zero-order valence-electron chi connectivity index (χ0n) is 10.4. The number of benzene rings is 1. The first kappa shape index (κ1) is 14.1. The summed E-state index contributed by atoms with van der Waals surface area (Å²) < 4.78 is 0. The van der Waals surface area contributed by atoms with Crippen LogP contribution in [0.25, 0.3) is 0 Å². The van der Waals surface area contributed by atoms with Gasteiger partial charge in [0.15, 0.2) is 5.15 Å². The highest BCUT2D eigenvalue weighted by atomic mass is 35.5. The maximum absolute atomic E-state index is 10.2. The molecule has 1 atom stereocenters. The van der Waals surface area contributed by atoms with E-state index in [0.717, 1.165) is 11.3 Å². The van der Waals surface area contributed by atoms with Crippen molar-refractivity contribution in [2.75, 3.05) is 18.5 Å². The van der Waals surface area contributed by atoms with Crippen molar-refractivity contribution in [3.63, 3.8) is 0 Å². The Kier molecular flexibility index (Phi) is 4.64. The minimum absolute atomic E-state index is 0.329. The lowest BCUT2D eigenvalue weighted by molar-refractivity contribution is 0.185. The fourth-order valence-electron chi connectivity index (χ4n) is 1.83. The lowest BCUT2D eigenvalue weighted by Crippen LogP contribution is -2.24. The van der Waals surface area contributed by atoms with E-state index in [1.54, 1.807) is 12.1 Å². The molecule has 100 valence electrons. The molecule has 1 aromatic heterocycles. The Morgan fingerprint density at radius 1 is 1.16 bits per heavy atom. The van der Waals surface area contributed by atoms with Crippen LogP contribution in [0.1, 0.15) is 11.7 Å². The van der Waals surface area contributed by atoms with Gasteiger partial charge in [-0.2, -0.15) is 0 Å². The molecule has 0 aliphatic heterocycles. The molecule has 0 amide bonds. The predicted molar refractivity (Wildman–Crippen MR) is 78.9 cm³/mol. The summed E-state index contributed by atoms with van der Waals surface area (Å²) in [5, 5.41) is 10.8. The molecule has 0 aliphatic carbocycles. The van der Waals surface area contributed by atoms with Crippen molar-refractivity contribution in [1.29, 1.82) is 0 Å². The van der Waals surface area contributed by atoms with Gasteiger partial charge in [-0.1, -0.05) is 53.5 Å². The van der Waals surface area contributed by atoms with Gasteiger partial charge in [0.25, 0.3) is 0 Å². The number of hydrogen-bond donors (Lipinski definition) is 1. The molecule has 0 bridgehead atoms. The van der Waals surface area contributed by atoms with Crippen molar-refractivity contribution < 1.29 is 5.11 Å². The topological polar surface area (TPSA) is 36.4 Å². The second kappa shape index (κ2) is 6.24. The fraction of sp³-hybridized carbons (Fsp3) is 0.214. The van der Waals surface area contributed by atoms with Crippen LogP contribution < -0.4 is 4.90 Å². The summed E-state index contributed by atoms with van der Waals surface area (Å²) in [6.45, 7) is 0.424. The second-order valence-electron chi connectivity index (χ2n) is 4.25. The van der Waals surface area contributed by atoms with Crippen LogP contribution in [-0.4, -0.2) is 23.7 Å². The normalized spacial score (nSPS) is 12.2. The largest absolute Gasteiger partial charge is 0.387 e. The first-order valence-corrected chi connectivity index (χ1v) is 6.59. The molecular formula is C14H14Cl2N2O. The van der Waals surface area contributed by atoms with E-state index in [1.807, 2.05) is 42.3 Å². The Labute approximate surface area is 122 Å². The van der Waals surface area contributed by atoms with E-state index in [4.69, 9.17) is 23.2 Å². The van der Waals surface area contributed by atoms with Gasteiger partial charge >= 0.3 is 0 Å². The zero-order chi connectivity index (χ0) is 13.8. The minimum atomic E-state index is -0.585. The van der Waals surface area contributed by atoms with Gasteiger partial charge in [0.05, 0.1) is 11.8 Å². The zero-order valence-corrected chi connectivity index (χ0v) is 11.9. The van der Waals surface area contributed by atoms with Crippen molar-refractivity contribution in [2.45, 2.75) is 6.10 Å². The number of pyridine rings is 1. The van der Waals surface area contributed by atoms with Gasteiger partial charge in [0, 0.05) is 13.6 Å². The number of anilines is 1. The minimum Gasteiger partial charge on any atom is -0.387 e. The average molecular weight is 297 g/mol. The van der Waals surface area contributed by atoms with E-state index in [9.17, 15) is 5.11 Å². The van der Waals surface area contributed by atoms with Gasteiger partial charge in [-0.25, -0.2) is 4.98 Å². The molecule has 0 saturated heterocycles. The molecule has 5 heteroatoms. The molecule has 0 unspecified atom stereocenters. The number of aromatic nitrogens is 1. The van der Waals surface area contributed by atoms with Crippen LogP contribution >= 0.6 is 23.2 Å². The third-order valence-corrected chi connectivity index (χ3v) is 3.33. The van der Waals surface area contributed by atoms with Gasteiger partial charge in [0.2, 0.25) is 0 Å². The quantitative estimate of drug-likeness (QED) is 0.877. The second-order valence-corrected chi connectivity index (χ2v) is 5.00. The van der Waals surface area contributed by atoms with Gasteiger partial charge in [-0.3, -0.25) is 0 Å². The van der Waals surface area contributed by atoms with E-state index < -0.39 is 6.10 Å². The third-order valence-electron chi connectivity index (χ3n) is 2.84. The molecule has 0 fully saturated rings. The molecule has 3 nitrogen and oxygen atoms in total. The predicted octanol–water partition coefficient (Wildman–Crippen LogP) is 3.56. The summed E-state index contributed by atoms with van der Waals surface area (Å²) in [6, 6.07) is 13.0. The van der Waals surface area contributed by atoms with Crippen LogP contribution in [0.3, 0.4) is 0 Å². The van der Waals surface area contributed by atoms with Crippen LogP contribution in [0.5, 0.6) is 0 Å². The highest BCUT2D eigenvalue weighted by Gasteiger charge is 2.13. The molecular weight excluding hydrogens is 283 g/mol. The average Bonchev–Trinajstić information content (AvgIpc) is 2.39. The summed E-state index contributed by atoms with van der Waals surface area (Å²) in [4.78, 5) is 5.83. The van der Waals surface area contributed by atoms with Crippen LogP contribution in [0.4, 0.5) is 5.69 Å². The van der Waals surface area contributed by atoms with Gasteiger partial charge < -0.3 is 10.0 Å². The number of aliphatic hydroxyl groups is 1. The number of aliphatic hydroxyl groups excluding tert-OH is 1. The van der Waals surface area contributed by atoms with Crippen LogP contribution in [0, 0.1) is 0 Å². The van der Waals surface area contributed by atoms with Crippen molar-refractivity contribution in [1.82, 2.24) is 4.98 Å². The Morgan fingerprint density at radius 3 is 2.47 bits per heavy atom. The lowest BCUT2D eigenvalue weighted by Gasteiger charge is -2.23. The summed E-state index contributed by atoms with van der Waals surface area (Å²) in [5.41, 5.74) is 1.61. The van der Waals surface area contributed by atoms with Crippen molar-refractivity contribution in [2.24, 2.45) is 0 Å². The Balaban J connectivity index is 2.10. The number of likely N-dealkylation sites (N-methyl/N-ethyl adjacent to an activating group) is 1. The molecule has 19 heavy (non-hydrogen) atoms. The molecule has 0 radical (unpaired) electrons. The monoisotopic (exact) mass is 296 g/mol. The van der Waals surface area contributed by atoms with Crippen LogP contribution in [0.2, 0.25) is 10.3 Å². The van der Waals surface area contributed by atoms with Crippen LogP contribution in [0.15, 0.2) is 42.5 Å². The highest BCUT2D eigenvalue weighted by Crippen LogP contribution is 2.26. The van der Waals surface area contributed by atoms with E-state index in [0.29, 0.717) is 16.9 Å². The fourth-order valence-corrected chi connectivity index (χ4v) is 2.32. The van der Waals surface area contributed by atoms with E-state index in [1.165, 1.54) is 0 Å². The molecule has 2 rings (SSSR count). The molecule has 0 saturated carbocycles. The van der Waals surface area contributed by atoms with Gasteiger partial charge in [-0.15, -0.1) is 0 Å². The van der Waals surface area contributed by atoms with E-state index in [2.05, 4.69) is 4.98 Å². The maximum atomic E-state index is 10.2. The van der Waals surface area contributed by atoms with E-state index >= 15 is 0 Å². The molecule has 0 aliphatic rings. The first-order chi connectivity index (χ1) is 9.08. The van der Waals surface area contributed by atoms with Crippen molar-refractivity contribution in [3.05, 3.63) is 58.3 Å². The third kappa shape index (κ3) is 3.60. The number of rotatable bonds is 4. The maximum Gasteiger partial charge on any atom is 0.154 e. The van der Waals surface area contributed by atoms with E-state index in [-0.39, 0.29) is 0 Å². The number of halogens is 2. The lowest BCUT2D eigenvalue weighted by atomic mass is 10.1. The summed E-state index contributed by atoms with van der Waals surface area (Å²) in [6.07, 6.45) is -0.585. The number of hydrogen-bond acceptors (Lipinski definition) is 3. The Bertz CT molecular complexity index is 548. The Morgan fingerprint density at radius 2 is 1.84 bits per heavy atom. The summed E-state index contributed by atoms with van der Waals surface area (Å²) in [7, 11) is 1.85. The standard InChI is InChI=1S/C14H14Cl2N2O/c1-18(11-7-8-13(15)17-14(11)16)9-12(19)10-5-3-2-4-6-10/h2-8,12,19H,9H2,1H3/t12-/m1/s1. The molecule has 0 spiro atoms. The number of nitrogens with zero attached hydrogens (tertiary/aromatic N) is 2. The summed E-state index contributed by atoms with van der Waals surface area (Å²) in [5.74, 6) is 0. The molecule has 2 aromatic rings. The molecule has 1 aromatic carbocycles.